The number of aryl methyl sites for hydroxylation is 1. The first-order valence-electron chi connectivity index (χ1n) is 12.5. The number of rotatable bonds is 0. The number of imidazole rings is 1. The topological polar surface area (TPSA) is 74.4 Å². The number of nitriles is 1. The van der Waals surface area contributed by atoms with Crippen LogP contribution in [0.25, 0.3) is 0 Å². The zero-order chi connectivity index (χ0) is 23.6. The first kappa shape index (κ1) is 20.7. The van der Waals surface area contributed by atoms with Gasteiger partial charge in [0.25, 0.3) is 0 Å². The number of hydrogen-bond acceptors (Lipinski definition) is 5. The smallest absolute Gasteiger partial charge is 0.243 e. The number of aromatic nitrogens is 2. The van der Waals surface area contributed by atoms with Gasteiger partial charge in [-0.1, -0.05) is 12.1 Å². The Morgan fingerprint density at radius 3 is 2.97 bits per heavy atom. The van der Waals surface area contributed by atoms with Gasteiger partial charge in [0.15, 0.2) is 0 Å². The van der Waals surface area contributed by atoms with Crippen LogP contribution in [0, 0.1) is 11.3 Å². The van der Waals surface area contributed by atoms with Gasteiger partial charge in [-0.25, -0.2) is 4.98 Å². The normalized spacial score (nSPS) is 25.2. The molecule has 3 aliphatic heterocycles. The van der Waals surface area contributed by atoms with Gasteiger partial charge in [0, 0.05) is 25.8 Å². The minimum Gasteiger partial charge on any atom is -0.456 e. The van der Waals surface area contributed by atoms with Crippen molar-refractivity contribution < 1.29 is 9.53 Å². The molecule has 0 N–H and O–H groups in total. The van der Waals surface area contributed by atoms with Crippen LogP contribution >= 0.6 is 0 Å². The standard InChI is InChI=1S/C28H27N5O2/c29-14-21-3-2-19-12-26(21)35-23-6-4-20-5-7-25(24(20)13-23)33-11-9-28(27(33)34)8-1-10-32(28)17-22-15-30-18-31(22)16-19/h2-4,6,12-13,15,18,25H,1,5,7-11,16-17H2/t25-,28-/m1/s1. The summed E-state index contributed by atoms with van der Waals surface area (Å²) in [5.74, 6) is 1.56. The Balaban J connectivity index is 1.37. The van der Waals surface area contributed by atoms with E-state index in [0.717, 1.165) is 56.5 Å². The lowest BCUT2D eigenvalue weighted by molar-refractivity contribution is -0.139. The molecule has 2 atom stereocenters. The summed E-state index contributed by atoms with van der Waals surface area (Å²) < 4.78 is 8.44. The van der Waals surface area contributed by atoms with E-state index >= 15 is 0 Å². The van der Waals surface area contributed by atoms with Gasteiger partial charge in [0.2, 0.25) is 5.91 Å². The molecular weight excluding hydrogens is 438 g/mol. The molecular formula is C28H27N5O2. The Morgan fingerprint density at radius 2 is 2.06 bits per heavy atom. The van der Waals surface area contributed by atoms with Crippen LogP contribution in [0.3, 0.4) is 0 Å². The summed E-state index contributed by atoms with van der Waals surface area (Å²) in [5.41, 5.74) is 4.74. The number of ether oxygens (including phenoxy) is 1. The third kappa shape index (κ3) is 3.13. The van der Waals surface area contributed by atoms with Crippen LogP contribution in [0.15, 0.2) is 48.9 Å². The molecule has 7 heteroatoms. The molecule has 0 saturated carbocycles. The van der Waals surface area contributed by atoms with E-state index < -0.39 is 5.54 Å². The summed E-state index contributed by atoms with van der Waals surface area (Å²) in [4.78, 5) is 23.0. The number of amides is 1. The fourth-order valence-corrected chi connectivity index (χ4v) is 6.70. The van der Waals surface area contributed by atoms with Crippen LogP contribution in [-0.2, 0) is 24.3 Å². The number of nitrogens with zero attached hydrogens (tertiary/aromatic N) is 5. The van der Waals surface area contributed by atoms with Gasteiger partial charge in [-0.15, -0.1) is 0 Å². The van der Waals surface area contributed by atoms with E-state index in [1.165, 1.54) is 11.1 Å². The predicted molar refractivity (Wildman–Crippen MR) is 129 cm³/mol. The minimum absolute atomic E-state index is 0.0862. The van der Waals surface area contributed by atoms with Crippen LogP contribution in [0.1, 0.15) is 59.7 Å². The molecule has 3 aromatic rings. The van der Waals surface area contributed by atoms with Gasteiger partial charge in [-0.05, 0) is 79.6 Å². The summed E-state index contributed by atoms with van der Waals surface area (Å²) >= 11 is 0. The lowest BCUT2D eigenvalue weighted by atomic mass is 9.94. The third-order valence-electron chi connectivity index (χ3n) is 8.49. The van der Waals surface area contributed by atoms with E-state index in [-0.39, 0.29) is 11.9 Å². The van der Waals surface area contributed by atoms with Crippen molar-refractivity contribution in [2.75, 3.05) is 13.1 Å². The van der Waals surface area contributed by atoms with Crippen LogP contribution in [0.4, 0.5) is 0 Å². The largest absolute Gasteiger partial charge is 0.456 e. The molecule has 1 aromatic heterocycles. The van der Waals surface area contributed by atoms with E-state index in [1.807, 2.05) is 36.8 Å². The molecule has 176 valence electrons. The number of carbonyl (C=O) groups excluding carboxylic acids is 1. The monoisotopic (exact) mass is 465 g/mol. The maximum Gasteiger partial charge on any atom is 0.243 e. The Morgan fingerprint density at radius 1 is 1.11 bits per heavy atom. The van der Waals surface area contributed by atoms with Gasteiger partial charge in [0.1, 0.15) is 23.1 Å². The maximum absolute atomic E-state index is 14.1. The van der Waals surface area contributed by atoms with Gasteiger partial charge in [-0.3, -0.25) is 9.69 Å². The molecule has 1 spiro atoms. The summed E-state index contributed by atoms with van der Waals surface area (Å²) in [6, 6.07) is 14.3. The molecule has 2 fully saturated rings. The number of carbonyl (C=O) groups is 1. The van der Waals surface area contributed by atoms with Crippen molar-refractivity contribution in [3.05, 3.63) is 76.9 Å². The minimum atomic E-state index is -0.398. The second-order valence-electron chi connectivity index (χ2n) is 10.3. The van der Waals surface area contributed by atoms with Crippen molar-refractivity contribution in [2.24, 2.45) is 0 Å². The first-order chi connectivity index (χ1) is 17.1. The summed E-state index contributed by atoms with van der Waals surface area (Å²) in [6.45, 7) is 3.07. The van der Waals surface area contributed by atoms with E-state index in [0.29, 0.717) is 30.2 Å². The first-order valence-corrected chi connectivity index (χ1v) is 12.5. The van der Waals surface area contributed by atoms with Crippen molar-refractivity contribution in [3.63, 3.8) is 0 Å². The summed E-state index contributed by atoms with van der Waals surface area (Å²) in [7, 11) is 0. The highest BCUT2D eigenvalue weighted by Gasteiger charge is 2.55. The van der Waals surface area contributed by atoms with Gasteiger partial charge >= 0.3 is 0 Å². The molecule has 4 aliphatic rings. The second-order valence-corrected chi connectivity index (χ2v) is 10.3. The molecule has 2 saturated heterocycles. The van der Waals surface area contributed by atoms with Crippen LogP contribution in [-0.4, -0.2) is 43.9 Å². The maximum atomic E-state index is 14.1. The predicted octanol–water partition coefficient (Wildman–Crippen LogP) is 4.16. The lowest BCUT2D eigenvalue weighted by Gasteiger charge is -2.35. The number of benzene rings is 2. The molecule has 6 bridgehead atoms. The molecule has 0 unspecified atom stereocenters. The fourth-order valence-electron chi connectivity index (χ4n) is 6.70. The van der Waals surface area contributed by atoms with Crippen LogP contribution in [0.5, 0.6) is 11.5 Å². The average molecular weight is 466 g/mol. The lowest BCUT2D eigenvalue weighted by Crippen LogP contribution is -2.50. The quantitative estimate of drug-likeness (QED) is 0.498. The van der Waals surface area contributed by atoms with Crippen molar-refractivity contribution in [1.29, 1.82) is 5.26 Å². The Labute approximate surface area is 204 Å². The molecule has 2 aromatic carbocycles. The Kier molecular flexibility index (Phi) is 4.55. The van der Waals surface area contributed by atoms with E-state index in [1.54, 1.807) is 0 Å². The summed E-state index contributed by atoms with van der Waals surface area (Å²) in [6.07, 6.45) is 8.55. The molecule has 7 nitrogen and oxygen atoms in total. The van der Waals surface area contributed by atoms with Gasteiger partial charge in [-0.2, -0.15) is 5.26 Å². The summed E-state index contributed by atoms with van der Waals surface area (Å²) in [5, 5.41) is 9.69. The Hall–Kier alpha value is -3.63. The van der Waals surface area contributed by atoms with Crippen molar-refractivity contribution in [3.8, 4) is 17.6 Å². The average Bonchev–Trinajstić information content (AvgIpc) is 3.64. The van der Waals surface area contributed by atoms with Gasteiger partial charge in [0.05, 0.1) is 23.6 Å². The number of fused-ring (bicyclic) bond motifs is 6. The van der Waals surface area contributed by atoms with Crippen molar-refractivity contribution in [1.82, 2.24) is 19.4 Å². The second kappa shape index (κ2) is 7.69. The van der Waals surface area contributed by atoms with Crippen LogP contribution in [0.2, 0.25) is 0 Å². The van der Waals surface area contributed by atoms with Crippen molar-refractivity contribution in [2.45, 2.75) is 56.8 Å². The highest BCUT2D eigenvalue weighted by molar-refractivity contribution is 5.89. The van der Waals surface area contributed by atoms with E-state index in [4.69, 9.17) is 4.74 Å². The Bertz CT molecular complexity index is 1390. The SMILES string of the molecule is N#Cc1ccc2cc1Oc1ccc3c(c1)[C@@H](CC3)N1CC[C@]3(CCCN3Cc3cncn3C2)C1=O. The zero-order valence-electron chi connectivity index (χ0n) is 19.6. The van der Waals surface area contributed by atoms with Crippen molar-refractivity contribution >= 4 is 5.91 Å². The molecule has 4 heterocycles. The van der Waals surface area contributed by atoms with E-state index in [2.05, 4.69) is 37.6 Å². The van der Waals surface area contributed by atoms with Crippen LogP contribution < -0.4 is 4.74 Å². The molecule has 1 amide bonds. The molecule has 1 aliphatic carbocycles. The third-order valence-corrected chi connectivity index (χ3v) is 8.49. The fraction of sp³-hybridized carbons (Fsp3) is 0.393. The van der Waals surface area contributed by atoms with E-state index in [9.17, 15) is 10.1 Å². The highest BCUT2D eigenvalue weighted by atomic mass is 16.5. The molecule has 7 rings (SSSR count). The number of hydrogen-bond donors (Lipinski definition) is 0. The van der Waals surface area contributed by atoms with Gasteiger partial charge < -0.3 is 14.2 Å². The zero-order valence-corrected chi connectivity index (χ0v) is 19.6. The highest BCUT2D eigenvalue weighted by Crippen LogP contribution is 2.46. The molecule has 35 heavy (non-hydrogen) atoms. The molecule has 0 radical (unpaired) electrons.